The molecule has 0 spiro atoms. The number of nitrogens with one attached hydrogen (secondary N) is 1. The van der Waals surface area contributed by atoms with Gasteiger partial charge in [-0.2, -0.15) is 0 Å². The van der Waals surface area contributed by atoms with Crippen molar-refractivity contribution in [3.63, 3.8) is 0 Å². The quantitative estimate of drug-likeness (QED) is 0.882. The Labute approximate surface area is 105 Å². The van der Waals surface area contributed by atoms with E-state index in [9.17, 15) is 4.39 Å². The largest absolute Gasteiger partial charge is 0.317 e. The second-order valence-corrected chi connectivity index (χ2v) is 4.89. The summed E-state index contributed by atoms with van der Waals surface area (Å²) in [5.74, 6) is 1.24. The highest BCUT2D eigenvalue weighted by molar-refractivity contribution is 5.77. The van der Waals surface area contributed by atoms with Crippen molar-refractivity contribution in [1.29, 1.82) is 0 Å². The van der Waals surface area contributed by atoms with Gasteiger partial charge in [0.2, 0.25) is 0 Å². The van der Waals surface area contributed by atoms with Crippen molar-refractivity contribution in [2.75, 3.05) is 13.1 Å². The minimum atomic E-state index is -0.242. The maximum Gasteiger partial charge on any atom is 0.129 e. The van der Waals surface area contributed by atoms with Crippen molar-refractivity contribution in [2.45, 2.75) is 19.3 Å². The summed E-state index contributed by atoms with van der Waals surface area (Å²) in [6.45, 7) is 2.15. The van der Waals surface area contributed by atoms with Gasteiger partial charge in [0, 0.05) is 24.1 Å². The average molecular weight is 245 g/mol. The zero-order valence-electron chi connectivity index (χ0n) is 10.2. The normalized spacial score (nSPS) is 17.2. The van der Waals surface area contributed by atoms with E-state index in [1.54, 1.807) is 12.3 Å². The first-order chi connectivity index (χ1) is 8.81. The smallest absolute Gasteiger partial charge is 0.129 e. The molecular weight excluding hydrogens is 229 g/mol. The Hall–Kier alpha value is -1.55. The van der Waals surface area contributed by atoms with Crippen LogP contribution in [0.4, 0.5) is 4.39 Å². The summed E-state index contributed by atoms with van der Waals surface area (Å²) < 4.78 is 13.2. The van der Waals surface area contributed by atoms with E-state index in [0.717, 1.165) is 30.7 Å². The molecule has 0 atom stereocenters. The van der Waals surface area contributed by atoms with Gasteiger partial charge in [-0.05, 0) is 44.0 Å². The minimum Gasteiger partial charge on any atom is -0.317 e. The molecule has 1 saturated heterocycles. The topological polar surface area (TPSA) is 37.8 Å². The summed E-state index contributed by atoms with van der Waals surface area (Å²) in [5, 5.41) is 4.24. The molecule has 0 radical (unpaired) electrons. The number of nitrogens with zero attached hydrogens (tertiary/aromatic N) is 2. The van der Waals surface area contributed by atoms with Crippen LogP contribution in [0.2, 0.25) is 0 Å². The van der Waals surface area contributed by atoms with Gasteiger partial charge in [-0.3, -0.25) is 0 Å². The van der Waals surface area contributed by atoms with Crippen molar-refractivity contribution in [1.82, 2.24) is 15.3 Å². The van der Waals surface area contributed by atoms with Crippen LogP contribution in [0.15, 0.2) is 24.4 Å². The molecule has 18 heavy (non-hydrogen) atoms. The fourth-order valence-electron chi connectivity index (χ4n) is 2.48. The van der Waals surface area contributed by atoms with E-state index in [-0.39, 0.29) is 5.82 Å². The summed E-state index contributed by atoms with van der Waals surface area (Å²) in [6, 6.07) is 4.64. The predicted molar refractivity (Wildman–Crippen MR) is 68.8 cm³/mol. The van der Waals surface area contributed by atoms with Crippen molar-refractivity contribution >= 4 is 10.9 Å². The van der Waals surface area contributed by atoms with Crippen LogP contribution < -0.4 is 5.32 Å². The highest BCUT2D eigenvalue weighted by Gasteiger charge is 2.15. The number of piperidine rings is 1. The Kier molecular flexibility index (Phi) is 3.19. The van der Waals surface area contributed by atoms with Gasteiger partial charge in [-0.25, -0.2) is 14.4 Å². The lowest BCUT2D eigenvalue weighted by Crippen LogP contribution is -2.29. The third-order valence-electron chi connectivity index (χ3n) is 3.52. The van der Waals surface area contributed by atoms with Crippen LogP contribution in [-0.4, -0.2) is 23.1 Å². The van der Waals surface area contributed by atoms with Gasteiger partial charge in [0.15, 0.2) is 0 Å². The fourth-order valence-corrected chi connectivity index (χ4v) is 2.48. The van der Waals surface area contributed by atoms with Crippen molar-refractivity contribution in [3.05, 3.63) is 36.0 Å². The molecule has 2 aromatic rings. The van der Waals surface area contributed by atoms with Crippen LogP contribution in [0.25, 0.3) is 10.9 Å². The third kappa shape index (κ3) is 2.48. The van der Waals surface area contributed by atoms with Crippen LogP contribution in [0.1, 0.15) is 18.7 Å². The molecule has 1 fully saturated rings. The Morgan fingerprint density at radius 1 is 1.28 bits per heavy atom. The van der Waals surface area contributed by atoms with Gasteiger partial charge < -0.3 is 5.32 Å². The summed E-state index contributed by atoms with van der Waals surface area (Å²) in [5.41, 5.74) is 0.703. The molecule has 3 rings (SSSR count). The molecule has 1 aliphatic heterocycles. The van der Waals surface area contributed by atoms with Crippen LogP contribution in [0, 0.1) is 11.7 Å². The van der Waals surface area contributed by atoms with Crippen molar-refractivity contribution < 1.29 is 4.39 Å². The Morgan fingerprint density at radius 3 is 2.94 bits per heavy atom. The molecule has 1 aliphatic rings. The van der Waals surface area contributed by atoms with Gasteiger partial charge in [-0.1, -0.05) is 0 Å². The molecular formula is C14H16FN3. The molecule has 0 saturated carbocycles. The zero-order valence-corrected chi connectivity index (χ0v) is 10.2. The number of aromatic nitrogens is 2. The van der Waals surface area contributed by atoms with E-state index in [1.807, 2.05) is 0 Å². The summed E-state index contributed by atoms with van der Waals surface area (Å²) in [4.78, 5) is 8.84. The van der Waals surface area contributed by atoms with Crippen LogP contribution >= 0.6 is 0 Å². The highest BCUT2D eigenvalue weighted by Crippen LogP contribution is 2.18. The maximum atomic E-state index is 13.2. The van der Waals surface area contributed by atoms with Gasteiger partial charge >= 0.3 is 0 Å². The average Bonchev–Trinajstić information content (AvgIpc) is 2.39. The minimum absolute atomic E-state index is 0.242. The molecule has 1 aromatic heterocycles. The van der Waals surface area contributed by atoms with E-state index in [1.165, 1.54) is 25.0 Å². The molecule has 4 heteroatoms. The van der Waals surface area contributed by atoms with Gasteiger partial charge in [-0.15, -0.1) is 0 Å². The maximum absolute atomic E-state index is 13.2. The van der Waals surface area contributed by atoms with Crippen molar-refractivity contribution in [3.8, 4) is 0 Å². The molecule has 0 bridgehead atoms. The molecule has 0 amide bonds. The Morgan fingerprint density at radius 2 is 2.11 bits per heavy atom. The van der Waals surface area contributed by atoms with E-state index in [4.69, 9.17) is 0 Å². The Balaban J connectivity index is 1.83. The van der Waals surface area contributed by atoms with E-state index in [2.05, 4.69) is 15.3 Å². The summed E-state index contributed by atoms with van der Waals surface area (Å²) >= 11 is 0. The molecule has 2 heterocycles. The molecule has 0 unspecified atom stereocenters. The third-order valence-corrected chi connectivity index (χ3v) is 3.52. The van der Waals surface area contributed by atoms with E-state index in [0.29, 0.717) is 11.4 Å². The first kappa shape index (κ1) is 11.5. The number of hydrogen-bond acceptors (Lipinski definition) is 3. The zero-order chi connectivity index (χ0) is 12.4. The lowest BCUT2D eigenvalue weighted by atomic mass is 9.94. The molecule has 1 N–H and O–H groups in total. The second-order valence-electron chi connectivity index (χ2n) is 4.89. The van der Waals surface area contributed by atoms with Crippen LogP contribution in [0.3, 0.4) is 0 Å². The lowest BCUT2D eigenvalue weighted by Gasteiger charge is -2.21. The standard InChI is InChI=1S/C14H16FN3/c15-12-2-1-11-9-17-14(18-13(11)8-12)7-10-3-5-16-6-4-10/h1-2,8-10,16H,3-7H2. The molecule has 3 nitrogen and oxygen atoms in total. The number of rotatable bonds is 2. The molecule has 1 aromatic carbocycles. The number of benzene rings is 1. The summed E-state index contributed by atoms with van der Waals surface area (Å²) in [6.07, 6.45) is 5.03. The number of hydrogen-bond donors (Lipinski definition) is 1. The summed E-state index contributed by atoms with van der Waals surface area (Å²) in [7, 11) is 0. The molecule has 94 valence electrons. The van der Waals surface area contributed by atoms with E-state index >= 15 is 0 Å². The number of halogens is 1. The van der Waals surface area contributed by atoms with Crippen molar-refractivity contribution in [2.24, 2.45) is 5.92 Å². The predicted octanol–water partition coefficient (Wildman–Crippen LogP) is 2.31. The first-order valence-corrected chi connectivity index (χ1v) is 6.43. The number of fused-ring (bicyclic) bond motifs is 1. The first-order valence-electron chi connectivity index (χ1n) is 6.43. The van der Waals surface area contributed by atoms with Crippen LogP contribution in [0.5, 0.6) is 0 Å². The Bertz CT molecular complexity index is 550. The van der Waals surface area contributed by atoms with Gasteiger partial charge in [0.1, 0.15) is 11.6 Å². The SMILES string of the molecule is Fc1ccc2cnc(CC3CCNCC3)nc2c1. The fraction of sp³-hybridized carbons (Fsp3) is 0.429. The van der Waals surface area contributed by atoms with E-state index < -0.39 is 0 Å². The monoisotopic (exact) mass is 245 g/mol. The van der Waals surface area contributed by atoms with Gasteiger partial charge in [0.05, 0.1) is 5.52 Å². The lowest BCUT2D eigenvalue weighted by molar-refractivity contribution is 0.367. The van der Waals surface area contributed by atoms with Gasteiger partial charge in [0.25, 0.3) is 0 Å². The van der Waals surface area contributed by atoms with Crippen LogP contribution in [-0.2, 0) is 6.42 Å². The highest BCUT2D eigenvalue weighted by atomic mass is 19.1. The second kappa shape index (κ2) is 4.98. The molecule has 0 aliphatic carbocycles.